The van der Waals surface area contributed by atoms with Gasteiger partial charge in [-0.05, 0) is 6.92 Å². The number of carbonyl (C=O) groups excluding carboxylic acids is 1. The number of aliphatic imine (C=N–C) groups is 1. The number of rotatable bonds is 2. The fourth-order valence-corrected chi connectivity index (χ4v) is 0.582. The average molecular weight is 138 g/mol. The zero-order valence-corrected chi connectivity index (χ0v) is 5.50. The maximum absolute atomic E-state index is 9.67. The van der Waals surface area contributed by atoms with Crippen LogP contribution < -0.4 is 0 Å². The normalized spacial score (nSPS) is 8.90. The average Bonchev–Trinajstić information content (AvgIpc) is 2.31. The van der Waals surface area contributed by atoms with Gasteiger partial charge in [0.25, 0.3) is 0 Å². The molecule has 0 aliphatic heterocycles. The molecule has 0 aliphatic rings. The summed E-state index contributed by atoms with van der Waals surface area (Å²) in [4.78, 5) is 13.0. The van der Waals surface area contributed by atoms with Crippen LogP contribution in [0.25, 0.3) is 0 Å². The highest BCUT2D eigenvalue weighted by Gasteiger charge is 1.99. The molecule has 0 saturated heterocycles. The second-order valence-electron chi connectivity index (χ2n) is 1.83. The lowest BCUT2D eigenvalue weighted by atomic mass is 10.3. The van der Waals surface area contributed by atoms with Gasteiger partial charge in [0.2, 0.25) is 6.08 Å². The summed E-state index contributed by atoms with van der Waals surface area (Å²) < 4.78 is 4.60. The van der Waals surface area contributed by atoms with E-state index in [1.165, 1.54) is 12.3 Å². The first-order valence-electron chi connectivity index (χ1n) is 2.78. The van der Waals surface area contributed by atoms with Crippen LogP contribution in [0, 0.1) is 6.92 Å². The highest BCUT2D eigenvalue weighted by molar-refractivity contribution is 5.33. The van der Waals surface area contributed by atoms with Gasteiger partial charge in [-0.15, -0.1) is 0 Å². The summed E-state index contributed by atoms with van der Waals surface area (Å²) >= 11 is 0. The first kappa shape index (κ1) is 6.71. The van der Waals surface area contributed by atoms with Crippen molar-refractivity contribution in [3.63, 3.8) is 0 Å². The van der Waals surface area contributed by atoms with Crippen LogP contribution in [-0.4, -0.2) is 11.2 Å². The van der Waals surface area contributed by atoms with Crippen LogP contribution in [-0.2, 0) is 11.3 Å². The molecule has 0 unspecified atom stereocenters. The highest BCUT2D eigenvalue weighted by Crippen LogP contribution is 2.04. The van der Waals surface area contributed by atoms with E-state index in [0.29, 0.717) is 6.54 Å². The number of nitrogens with zero attached hydrogens (tertiary/aromatic N) is 2. The van der Waals surface area contributed by atoms with Crippen molar-refractivity contribution >= 4 is 6.08 Å². The van der Waals surface area contributed by atoms with Crippen molar-refractivity contribution < 1.29 is 9.32 Å². The number of hydrogen-bond donors (Lipinski definition) is 0. The van der Waals surface area contributed by atoms with Gasteiger partial charge in [0.05, 0.1) is 12.2 Å². The smallest absolute Gasteiger partial charge is 0.235 e. The Morgan fingerprint density at radius 2 is 2.70 bits per heavy atom. The van der Waals surface area contributed by atoms with E-state index in [0.717, 1.165) is 11.3 Å². The molecule has 0 radical (unpaired) electrons. The van der Waals surface area contributed by atoms with E-state index < -0.39 is 0 Å². The Kier molecular flexibility index (Phi) is 1.97. The Bertz CT molecular complexity index is 260. The van der Waals surface area contributed by atoms with Crippen molar-refractivity contribution in [3.05, 3.63) is 17.5 Å². The van der Waals surface area contributed by atoms with Gasteiger partial charge in [0.1, 0.15) is 6.26 Å². The van der Waals surface area contributed by atoms with Crippen LogP contribution >= 0.6 is 0 Å². The van der Waals surface area contributed by atoms with Crippen molar-refractivity contribution in [1.29, 1.82) is 0 Å². The van der Waals surface area contributed by atoms with E-state index >= 15 is 0 Å². The fraction of sp³-hybridized carbons (Fsp3) is 0.333. The monoisotopic (exact) mass is 138 g/mol. The van der Waals surface area contributed by atoms with Crippen molar-refractivity contribution in [2.45, 2.75) is 13.5 Å². The second kappa shape index (κ2) is 2.94. The summed E-state index contributed by atoms with van der Waals surface area (Å²) in [6, 6.07) is 0. The molecule has 0 bridgehead atoms. The van der Waals surface area contributed by atoms with Crippen LogP contribution in [0.1, 0.15) is 11.3 Å². The van der Waals surface area contributed by atoms with E-state index in [2.05, 4.69) is 14.7 Å². The van der Waals surface area contributed by atoms with Crippen molar-refractivity contribution in [2.75, 3.05) is 0 Å². The summed E-state index contributed by atoms with van der Waals surface area (Å²) in [7, 11) is 0. The Labute approximate surface area is 57.5 Å². The molecule has 0 atom stereocenters. The molecule has 0 aromatic carbocycles. The van der Waals surface area contributed by atoms with Crippen molar-refractivity contribution in [2.24, 2.45) is 4.99 Å². The van der Waals surface area contributed by atoms with Gasteiger partial charge in [-0.1, -0.05) is 5.16 Å². The van der Waals surface area contributed by atoms with Crippen LogP contribution in [0.3, 0.4) is 0 Å². The lowest BCUT2D eigenvalue weighted by molar-refractivity contribution is 0.414. The van der Waals surface area contributed by atoms with E-state index in [1.54, 1.807) is 6.92 Å². The maximum Gasteiger partial charge on any atom is 0.235 e. The molecule has 10 heavy (non-hydrogen) atoms. The van der Waals surface area contributed by atoms with E-state index in [-0.39, 0.29) is 0 Å². The molecule has 0 spiro atoms. The van der Waals surface area contributed by atoms with E-state index in [4.69, 9.17) is 0 Å². The predicted octanol–water partition coefficient (Wildman–Crippen LogP) is 0.819. The summed E-state index contributed by atoms with van der Waals surface area (Å²) in [5, 5.41) is 3.60. The number of aromatic nitrogens is 1. The minimum atomic E-state index is 0.304. The molecule has 1 aromatic rings. The van der Waals surface area contributed by atoms with Crippen molar-refractivity contribution in [3.8, 4) is 0 Å². The molecule has 1 rings (SSSR count). The second-order valence-corrected chi connectivity index (χ2v) is 1.83. The zero-order valence-electron chi connectivity index (χ0n) is 5.50. The number of aryl methyl sites for hydroxylation is 1. The van der Waals surface area contributed by atoms with E-state index in [1.807, 2.05) is 0 Å². The lowest BCUT2D eigenvalue weighted by Crippen LogP contribution is -1.80. The largest absolute Gasteiger partial charge is 0.364 e. The molecule has 1 aromatic heterocycles. The SMILES string of the molecule is Cc1nocc1CN=C=O. The standard InChI is InChI=1S/C6H6N2O2/c1-5-6(2-7-4-9)3-10-8-5/h3H,2H2,1H3. The number of isocyanates is 1. The van der Waals surface area contributed by atoms with Crippen LogP contribution in [0.4, 0.5) is 0 Å². The Hall–Kier alpha value is -1.41. The van der Waals surface area contributed by atoms with Crippen LogP contribution in [0.2, 0.25) is 0 Å². The fourth-order valence-electron chi connectivity index (χ4n) is 0.582. The molecule has 4 heteroatoms. The molecule has 52 valence electrons. The zero-order chi connectivity index (χ0) is 7.40. The number of hydrogen-bond acceptors (Lipinski definition) is 4. The molecular formula is C6H6N2O2. The third kappa shape index (κ3) is 1.30. The Balaban J connectivity index is 2.74. The lowest BCUT2D eigenvalue weighted by Gasteiger charge is -1.83. The van der Waals surface area contributed by atoms with Crippen LogP contribution in [0.5, 0.6) is 0 Å². The quantitative estimate of drug-likeness (QED) is 0.449. The van der Waals surface area contributed by atoms with E-state index in [9.17, 15) is 4.79 Å². The molecule has 4 nitrogen and oxygen atoms in total. The Morgan fingerprint density at radius 1 is 1.90 bits per heavy atom. The molecular weight excluding hydrogens is 132 g/mol. The third-order valence-corrected chi connectivity index (χ3v) is 1.16. The van der Waals surface area contributed by atoms with Gasteiger partial charge in [0, 0.05) is 5.56 Å². The topological polar surface area (TPSA) is 55.5 Å². The minimum Gasteiger partial charge on any atom is -0.364 e. The Morgan fingerprint density at radius 3 is 3.20 bits per heavy atom. The maximum atomic E-state index is 9.67. The van der Waals surface area contributed by atoms with Crippen molar-refractivity contribution in [1.82, 2.24) is 5.16 Å². The van der Waals surface area contributed by atoms with Gasteiger partial charge in [-0.3, -0.25) is 0 Å². The third-order valence-electron chi connectivity index (χ3n) is 1.16. The van der Waals surface area contributed by atoms with Gasteiger partial charge in [-0.25, -0.2) is 9.79 Å². The van der Waals surface area contributed by atoms with Gasteiger partial charge in [-0.2, -0.15) is 0 Å². The summed E-state index contributed by atoms with van der Waals surface area (Å²) in [6.45, 7) is 2.10. The van der Waals surface area contributed by atoms with Crippen LogP contribution in [0.15, 0.2) is 15.8 Å². The summed E-state index contributed by atoms with van der Waals surface area (Å²) in [6.07, 6.45) is 2.91. The first-order valence-corrected chi connectivity index (χ1v) is 2.78. The summed E-state index contributed by atoms with van der Waals surface area (Å²) in [5.41, 5.74) is 1.59. The highest BCUT2D eigenvalue weighted by atomic mass is 16.5. The summed E-state index contributed by atoms with van der Waals surface area (Å²) in [5.74, 6) is 0. The first-order chi connectivity index (χ1) is 4.84. The van der Waals surface area contributed by atoms with Gasteiger partial charge >= 0.3 is 0 Å². The minimum absolute atomic E-state index is 0.304. The molecule has 0 fully saturated rings. The predicted molar refractivity (Wildman–Crippen MR) is 33.1 cm³/mol. The molecule has 0 aliphatic carbocycles. The molecule has 0 N–H and O–H groups in total. The molecule has 0 saturated carbocycles. The molecule has 0 amide bonds. The van der Waals surface area contributed by atoms with Gasteiger partial charge < -0.3 is 4.52 Å². The molecule has 1 heterocycles. The van der Waals surface area contributed by atoms with Gasteiger partial charge in [0.15, 0.2) is 0 Å².